The lowest BCUT2D eigenvalue weighted by Gasteiger charge is -2.15. The van der Waals surface area contributed by atoms with Crippen LogP contribution in [0, 0.1) is 5.41 Å². The van der Waals surface area contributed by atoms with Crippen LogP contribution in [0.25, 0.3) is 0 Å². The van der Waals surface area contributed by atoms with Crippen LogP contribution in [0.3, 0.4) is 0 Å². The largest absolute Gasteiger partial charge is 0.387 e. The molecular weight excluding hydrogens is 276 g/mol. The Balaban J connectivity index is 1.71. The van der Waals surface area contributed by atoms with Gasteiger partial charge in [-0.05, 0) is 48.1 Å². The van der Waals surface area contributed by atoms with E-state index in [-0.39, 0.29) is 11.8 Å². The van der Waals surface area contributed by atoms with Gasteiger partial charge in [0.25, 0.3) is 0 Å². The third-order valence-electron chi connectivity index (χ3n) is 4.06. The van der Waals surface area contributed by atoms with E-state index in [4.69, 9.17) is 11.1 Å². The molecule has 0 saturated carbocycles. The van der Waals surface area contributed by atoms with E-state index in [1.807, 2.05) is 18.2 Å². The third-order valence-corrected chi connectivity index (χ3v) is 5.15. The van der Waals surface area contributed by atoms with Crippen LogP contribution in [0.15, 0.2) is 53.4 Å². The fraction of sp³-hybridized carbons (Fsp3) is 0.278. The number of benzene rings is 2. The summed E-state index contributed by atoms with van der Waals surface area (Å²) in [6.07, 6.45) is 3.71. The molecule has 1 aliphatic carbocycles. The molecule has 21 heavy (non-hydrogen) atoms. The molecule has 3 N–H and O–H groups in total. The van der Waals surface area contributed by atoms with Crippen LogP contribution in [0.1, 0.15) is 29.0 Å². The number of aryl methyl sites for hydroxylation is 2. The van der Waals surface area contributed by atoms with E-state index in [1.165, 1.54) is 35.3 Å². The Morgan fingerprint density at radius 2 is 1.86 bits per heavy atom. The number of nitrogens with one attached hydrogen (secondary N) is 1. The summed E-state index contributed by atoms with van der Waals surface area (Å²) in [4.78, 5) is 1.29. The SMILES string of the molecule is N=C(N)C(CSc1ccc2c(c1)CCC2)c1ccccc1. The first-order valence-electron chi connectivity index (χ1n) is 7.37. The van der Waals surface area contributed by atoms with E-state index in [0.29, 0.717) is 0 Å². The Bertz CT molecular complexity index is 637. The molecule has 0 radical (unpaired) electrons. The molecule has 2 aromatic rings. The molecule has 108 valence electrons. The van der Waals surface area contributed by atoms with Gasteiger partial charge in [0.2, 0.25) is 0 Å². The Labute approximate surface area is 130 Å². The summed E-state index contributed by atoms with van der Waals surface area (Å²) in [7, 11) is 0. The van der Waals surface area contributed by atoms with Crippen molar-refractivity contribution in [2.24, 2.45) is 5.73 Å². The summed E-state index contributed by atoms with van der Waals surface area (Å²) in [6, 6.07) is 16.9. The highest BCUT2D eigenvalue weighted by molar-refractivity contribution is 7.99. The van der Waals surface area contributed by atoms with E-state index in [1.54, 1.807) is 11.8 Å². The van der Waals surface area contributed by atoms with Gasteiger partial charge in [-0.1, -0.05) is 36.4 Å². The molecule has 0 aliphatic heterocycles. The summed E-state index contributed by atoms with van der Waals surface area (Å²) in [5.41, 5.74) is 9.92. The highest BCUT2D eigenvalue weighted by Crippen LogP contribution is 2.30. The zero-order valence-electron chi connectivity index (χ0n) is 12.0. The second-order valence-corrected chi connectivity index (χ2v) is 6.61. The first-order chi connectivity index (χ1) is 10.2. The highest BCUT2D eigenvalue weighted by Gasteiger charge is 2.16. The first kappa shape index (κ1) is 14.2. The van der Waals surface area contributed by atoms with Gasteiger partial charge in [-0.3, -0.25) is 5.41 Å². The molecule has 0 bridgehead atoms. The van der Waals surface area contributed by atoms with Gasteiger partial charge in [-0.15, -0.1) is 11.8 Å². The number of amidine groups is 1. The van der Waals surface area contributed by atoms with Crippen LogP contribution in [-0.2, 0) is 12.8 Å². The minimum Gasteiger partial charge on any atom is -0.387 e. The zero-order chi connectivity index (χ0) is 14.7. The second-order valence-electron chi connectivity index (χ2n) is 5.51. The summed E-state index contributed by atoms with van der Waals surface area (Å²) in [5.74, 6) is 1.05. The van der Waals surface area contributed by atoms with Gasteiger partial charge < -0.3 is 5.73 Å². The summed E-state index contributed by atoms with van der Waals surface area (Å²) in [6.45, 7) is 0. The Hall–Kier alpha value is -1.74. The van der Waals surface area contributed by atoms with Gasteiger partial charge in [-0.2, -0.15) is 0 Å². The number of fused-ring (bicyclic) bond motifs is 1. The molecular formula is C18H20N2S. The van der Waals surface area contributed by atoms with Crippen molar-refractivity contribution in [2.45, 2.75) is 30.1 Å². The lowest BCUT2D eigenvalue weighted by Crippen LogP contribution is -2.22. The molecule has 3 rings (SSSR count). The van der Waals surface area contributed by atoms with Crippen molar-refractivity contribution in [3.8, 4) is 0 Å². The smallest absolute Gasteiger partial charge is 0.0990 e. The quantitative estimate of drug-likeness (QED) is 0.498. The molecule has 1 atom stereocenters. The lowest BCUT2D eigenvalue weighted by molar-refractivity contribution is 0.911. The van der Waals surface area contributed by atoms with Crippen LogP contribution in [0.2, 0.25) is 0 Å². The molecule has 0 spiro atoms. The van der Waals surface area contributed by atoms with Crippen molar-refractivity contribution in [1.82, 2.24) is 0 Å². The van der Waals surface area contributed by atoms with Crippen molar-refractivity contribution in [3.63, 3.8) is 0 Å². The Morgan fingerprint density at radius 3 is 2.62 bits per heavy atom. The molecule has 0 aromatic heterocycles. The van der Waals surface area contributed by atoms with Crippen molar-refractivity contribution >= 4 is 17.6 Å². The fourth-order valence-electron chi connectivity index (χ4n) is 2.87. The van der Waals surface area contributed by atoms with Crippen LogP contribution in [0.4, 0.5) is 0 Å². The lowest BCUT2D eigenvalue weighted by atomic mass is 10.0. The summed E-state index contributed by atoms with van der Waals surface area (Å²) >= 11 is 1.80. The van der Waals surface area contributed by atoms with Crippen molar-refractivity contribution in [1.29, 1.82) is 5.41 Å². The van der Waals surface area contributed by atoms with Crippen LogP contribution < -0.4 is 5.73 Å². The molecule has 2 nitrogen and oxygen atoms in total. The van der Waals surface area contributed by atoms with Crippen LogP contribution in [0.5, 0.6) is 0 Å². The maximum Gasteiger partial charge on any atom is 0.0990 e. The van der Waals surface area contributed by atoms with Gasteiger partial charge >= 0.3 is 0 Å². The van der Waals surface area contributed by atoms with E-state index in [9.17, 15) is 0 Å². The predicted molar refractivity (Wildman–Crippen MR) is 90.3 cm³/mol. The topological polar surface area (TPSA) is 49.9 Å². The van der Waals surface area contributed by atoms with Gasteiger partial charge in [0, 0.05) is 10.6 Å². The van der Waals surface area contributed by atoms with Crippen molar-refractivity contribution in [2.75, 3.05) is 5.75 Å². The standard InChI is InChI=1S/C18H20N2S/c19-18(20)17(14-5-2-1-3-6-14)12-21-16-10-9-13-7-4-8-15(13)11-16/h1-3,5-6,9-11,17H,4,7-8,12H2,(H3,19,20). The average molecular weight is 296 g/mol. The third kappa shape index (κ3) is 3.30. The maximum atomic E-state index is 7.84. The van der Waals surface area contributed by atoms with Crippen LogP contribution in [-0.4, -0.2) is 11.6 Å². The maximum absolute atomic E-state index is 7.84. The van der Waals surface area contributed by atoms with Gasteiger partial charge in [0.05, 0.1) is 11.8 Å². The number of nitrogens with two attached hydrogens (primary N) is 1. The van der Waals surface area contributed by atoms with E-state index < -0.39 is 0 Å². The number of hydrogen-bond acceptors (Lipinski definition) is 2. The van der Waals surface area contributed by atoms with E-state index >= 15 is 0 Å². The van der Waals surface area contributed by atoms with E-state index in [2.05, 4.69) is 30.3 Å². The Morgan fingerprint density at radius 1 is 1.10 bits per heavy atom. The number of hydrogen-bond donors (Lipinski definition) is 2. The molecule has 0 heterocycles. The fourth-order valence-corrected chi connectivity index (χ4v) is 3.99. The second kappa shape index (κ2) is 6.35. The minimum atomic E-state index is -0.00976. The van der Waals surface area contributed by atoms with Crippen molar-refractivity contribution in [3.05, 3.63) is 65.2 Å². The summed E-state index contributed by atoms with van der Waals surface area (Å²) < 4.78 is 0. The molecule has 3 heteroatoms. The molecule has 1 aliphatic rings. The number of thioether (sulfide) groups is 1. The Kier molecular flexibility index (Phi) is 4.30. The average Bonchev–Trinajstić information content (AvgIpc) is 2.96. The summed E-state index contributed by atoms with van der Waals surface area (Å²) in [5, 5.41) is 7.84. The molecule has 0 fully saturated rings. The normalized spacial score (nSPS) is 14.7. The van der Waals surface area contributed by atoms with Gasteiger partial charge in [0.15, 0.2) is 0 Å². The van der Waals surface area contributed by atoms with Gasteiger partial charge in [0.1, 0.15) is 0 Å². The number of rotatable bonds is 5. The first-order valence-corrected chi connectivity index (χ1v) is 8.36. The molecule has 0 saturated heterocycles. The van der Waals surface area contributed by atoms with Gasteiger partial charge in [-0.25, -0.2) is 0 Å². The molecule has 0 amide bonds. The minimum absolute atomic E-state index is 0.00976. The zero-order valence-corrected chi connectivity index (χ0v) is 12.8. The predicted octanol–water partition coefficient (Wildman–Crippen LogP) is 3.99. The highest BCUT2D eigenvalue weighted by atomic mass is 32.2. The molecule has 2 aromatic carbocycles. The van der Waals surface area contributed by atoms with E-state index in [0.717, 1.165) is 11.3 Å². The van der Waals surface area contributed by atoms with Crippen LogP contribution >= 0.6 is 11.8 Å². The monoisotopic (exact) mass is 296 g/mol. The molecule has 1 unspecified atom stereocenters. The van der Waals surface area contributed by atoms with Crippen molar-refractivity contribution < 1.29 is 0 Å².